The summed E-state index contributed by atoms with van der Waals surface area (Å²) in [6.45, 7) is 0.889. The van der Waals surface area contributed by atoms with Crippen LogP contribution in [0.3, 0.4) is 0 Å². The highest BCUT2D eigenvalue weighted by molar-refractivity contribution is 7.92. The molecule has 2 aromatic heterocycles. The average Bonchev–Trinajstić information content (AvgIpc) is 2.67. The Hall–Kier alpha value is -2.68. The van der Waals surface area contributed by atoms with Gasteiger partial charge in [-0.3, -0.25) is 9.71 Å². The minimum Gasteiger partial charge on any atom is -0.475 e. The lowest BCUT2D eigenvalue weighted by atomic mass is 10.0. The molecule has 7 nitrogen and oxygen atoms in total. The van der Waals surface area contributed by atoms with Crippen molar-refractivity contribution in [3.8, 4) is 28.1 Å². The first-order valence-corrected chi connectivity index (χ1v) is 10.9. The van der Waals surface area contributed by atoms with Crippen LogP contribution in [0.15, 0.2) is 55.0 Å². The van der Waals surface area contributed by atoms with Gasteiger partial charge in [-0.2, -0.15) is 0 Å². The number of pyridine rings is 2. The third-order valence-electron chi connectivity index (χ3n) is 3.93. The fraction of sp³-hybridized carbons (Fsp3) is 0.200. The molecule has 0 radical (unpaired) electrons. The van der Waals surface area contributed by atoms with E-state index in [9.17, 15) is 8.42 Å². The molecule has 0 aliphatic rings. The summed E-state index contributed by atoms with van der Waals surface area (Å²) in [6, 6.07) is 10.6. The molecule has 3 rings (SSSR count). The van der Waals surface area contributed by atoms with Crippen LogP contribution in [0.5, 0.6) is 5.88 Å². The zero-order chi connectivity index (χ0) is 20.9. The molecule has 0 saturated heterocycles. The summed E-state index contributed by atoms with van der Waals surface area (Å²) in [4.78, 5) is 8.51. The number of benzene rings is 1. The van der Waals surface area contributed by atoms with E-state index in [0.717, 1.165) is 28.5 Å². The molecule has 9 heteroatoms. The minimum atomic E-state index is -3.37. The van der Waals surface area contributed by atoms with Gasteiger partial charge >= 0.3 is 0 Å². The molecule has 152 valence electrons. The van der Waals surface area contributed by atoms with Gasteiger partial charge in [0.25, 0.3) is 0 Å². The standard InChI is InChI=1S/C20H20ClN3O4S/c1-27-7-8-28-20-10-14(5-6-23-20)15-9-16(13-22-12-15)18-4-3-17(11-19(18)21)24-29(2,25)26/h3-6,9-13,24H,7-8H2,1-2H3. The normalized spacial score (nSPS) is 11.3. The number of aromatic nitrogens is 2. The smallest absolute Gasteiger partial charge is 0.229 e. The van der Waals surface area contributed by atoms with E-state index in [1.54, 1.807) is 43.9 Å². The summed E-state index contributed by atoms with van der Waals surface area (Å²) in [5, 5.41) is 0.413. The number of anilines is 1. The molecular weight excluding hydrogens is 414 g/mol. The van der Waals surface area contributed by atoms with Crippen molar-refractivity contribution in [2.24, 2.45) is 0 Å². The van der Waals surface area contributed by atoms with Crippen LogP contribution < -0.4 is 9.46 Å². The van der Waals surface area contributed by atoms with Gasteiger partial charge in [-0.25, -0.2) is 13.4 Å². The largest absolute Gasteiger partial charge is 0.475 e. The van der Waals surface area contributed by atoms with Crippen LogP contribution in [0.2, 0.25) is 5.02 Å². The lowest BCUT2D eigenvalue weighted by molar-refractivity contribution is 0.144. The monoisotopic (exact) mass is 433 g/mol. The van der Waals surface area contributed by atoms with Crippen molar-refractivity contribution in [2.45, 2.75) is 0 Å². The summed E-state index contributed by atoms with van der Waals surface area (Å²) in [5.74, 6) is 0.499. The van der Waals surface area contributed by atoms with Crippen LogP contribution in [0, 0.1) is 0 Å². The Morgan fingerprint density at radius 1 is 1.03 bits per heavy atom. The van der Waals surface area contributed by atoms with Crippen molar-refractivity contribution in [3.05, 3.63) is 60.0 Å². The highest BCUT2D eigenvalue weighted by Gasteiger charge is 2.10. The molecule has 0 aliphatic carbocycles. The summed E-state index contributed by atoms with van der Waals surface area (Å²) in [6.07, 6.45) is 6.20. The Kier molecular flexibility index (Phi) is 6.68. The molecule has 0 saturated carbocycles. The van der Waals surface area contributed by atoms with E-state index in [1.807, 2.05) is 18.2 Å². The molecule has 0 unspecified atom stereocenters. The Bertz CT molecular complexity index is 1110. The molecule has 3 aromatic rings. The third-order valence-corrected chi connectivity index (χ3v) is 4.85. The van der Waals surface area contributed by atoms with Crippen LogP contribution in [0.1, 0.15) is 0 Å². The second kappa shape index (κ2) is 9.21. The van der Waals surface area contributed by atoms with Crippen LogP contribution in [0.4, 0.5) is 5.69 Å². The summed E-state index contributed by atoms with van der Waals surface area (Å²) < 4.78 is 35.7. The fourth-order valence-electron chi connectivity index (χ4n) is 2.67. The first-order chi connectivity index (χ1) is 13.9. The topological polar surface area (TPSA) is 90.4 Å². The maximum Gasteiger partial charge on any atom is 0.229 e. The molecule has 0 spiro atoms. The zero-order valence-corrected chi connectivity index (χ0v) is 17.5. The number of rotatable bonds is 8. The zero-order valence-electron chi connectivity index (χ0n) is 15.9. The first-order valence-electron chi connectivity index (χ1n) is 8.66. The Morgan fingerprint density at radius 2 is 1.83 bits per heavy atom. The molecule has 1 aromatic carbocycles. The van der Waals surface area contributed by atoms with E-state index in [4.69, 9.17) is 21.1 Å². The number of hydrogen-bond donors (Lipinski definition) is 1. The molecule has 0 bridgehead atoms. The van der Waals surface area contributed by atoms with Gasteiger partial charge in [0, 0.05) is 54.1 Å². The highest BCUT2D eigenvalue weighted by atomic mass is 35.5. The van der Waals surface area contributed by atoms with Gasteiger partial charge in [0.2, 0.25) is 15.9 Å². The maximum absolute atomic E-state index is 11.4. The lowest BCUT2D eigenvalue weighted by Gasteiger charge is -2.10. The van der Waals surface area contributed by atoms with Gasteiger partial charge in [0.05, 0.1) is 17.9 Å². The van der Waals surface area contributed by atoms with E-state index < -0.39 is 10.0 Å². The van der Waals surface area contributed by atoms with Gasteiger partial charge in [-0.05, 0) is 29.8 Å². The number of nitrogens with zero attached hydrogens (tertiary/aromatic N) is 2. The molecule has 0 aliphatic heterocycles. The van der Waals surface area contributed by atoms with Gasteiger partial charge in [0.1, 0.15) is 6.61 Å². The second-order valence-electron chi connectivity index (χ2n) is 6.26. The molecule has 0 fully saturated rings. The SMILES string of the molecule is COCCOc1cc(-c2cncc(-c3ccc(NS(C)(=O)=O)cc3Cl)c2)ccn1. The molecule has 2 heterocycles. The number of halogens is 1. The van der Waals surface area contributed by atoms with Crippen molar-refractivity contribution in [1.82, 2.24) is 9.97 Å². The predicted molar refractivity (Wildman–Crippen MR) is 114 cm³/mol. The lowest BCUT2D eigenvalue weighted by Crippen LogP contribution is -2.09. The van der Waals surface area contributed by atoms with E-state index in [-0.39, 0.29) is 0 Å². The highest BCUT2D eigenvalue weighted by Crippen LogP contribution is 2.32. The van der Waals surface area contributed by atoms with E-state index in [0.29, 0.717) is 29.8 Å². The van der Waals surface area contributed by atoms with Crippen LogP contribution in [-0.4, -0.2) is 45.0 Å². The Morgan fingerprint density at radius 3 is 2.55 bits per heavy atom. The average molecular weight is 434 g/mol. The van der Waals surface area contributed by atoms with E-state index in [2.05, 4.69) is 14.7 Å². The molecule has 0 atom stereocenters. The number of hydrogen-bond acceptors (Lipinski definition) is 6. The van der Waals surface area contributed by atoms with Crippen LogP contribution in [0.25, 0.3) is 22.3 Å². The van der Waals surface area contributed by atoms with Crippen molar-refractivity contribution in [3.63, 3.8) is 0 Å². The fourth-order valence-corrected chi connectivity index (χ4v) is 3.51. The third kappa shape index (κ3) is 5.90. The van der Waals surface area contributed by atoms with Crippen LogP contribution >= 0.6 is 11.6 Å². The van der Waals surface area contributed by atoms with Crippen molar-refractivity contribution in [2.75, 3.05) is 31.3 Å². The summed E-state index contributed by atoms with van der Waals surface area (Å²) in [7, 11) is -1.76. The Balaban J connectivity index is 1.87. The molecular formula is C20H20ClN3O4S. The number of methoxy groups -OCH3 is 1. The molecule has 1 N–H and O–H groups in total. The molecule has 29 heavy (non-hydrogen) atoms. The quantitative estimate of drug-likeness (QED) is 0.542. The minimum absolute atomic E-state index is 0.400. The summed E-state index contributed by atoms with van der Waals surface area (Å²) in [5.41, 5.74) is 3.71. The maximum atomic E-state index is 11.4. The van der Waals surface area contributed by atoms with E-state index in [1.165, 1.54) is 0 Å². The second-order valence-corrected chi connectivity index (χ2v) is 8.41. The predicted octanol–water partition coefficient (Wildman–Crippen LogP) is 3.86. The molecule has 0 amide bonds. The van der Waals surface area contributed by atoms with Gasteiger partial charge in [-0.15, -0.1) is 0 Å². The van der Waals surface area contributed by atoms with Gasteiger partial charge in [-0.1, -0.05) is 17.7 Å². The Labute approximate surface area is 174 Å². The summed E-state index contributed by atoms with van der Waals surface area (Å²) >= 11 is 6.38. The van der Waals surface area contributed by atoms with Crippen molar-refractivity contribution >= 4 is 27.3 Å². The van der Waals surface area contributed by atoms with Crippen molar-refractivity contribution < 1.29 is 17.9 Å². The van der Waals surface area contributed by atoms with Crippen molar-refractivity contribution in [1.29, 1.82) is 0 Å². The van der Waals surface area contributed by atoms with Gasteiger partial charge in [0.15, 0.2) is 0 Å². The number of ether oxygens (including phenoxy) is 2. The van der Waals surface area contributed by atoms with Crippen LogP contribution in [-0.2, 0) is 14.8 Å². The first kappa shape index (κ1) is 21.0. The van der Waals surface area contributed by atoms with E-state index >= 15 is 0 Å². The van der Waals surface area contributed by atoms with Gasteiger partial charge < -0.3 is 9.47 Å². The number of nitrogens with one attached hydrogen (secondary N) is 1. The number of sulfonamides is 1.